The fraction of sp³-hybridized carbons (Fsp3) is 0.827. The number of nitrogens with one attached hydrogen (secondary N) is 1. The molecule has 12 unspecified atom stereocenters. The maximum atomic E-state index is 13.2. The molecule has 0 aliphatic carbocycles. The van der Waals surface area contributed by atoms with Gasteiger partial charge in [-0.2, -0.15) is 0 Å². The lowest BCUT2D eigenvalue weighted by atomic mass is 9.97. The predicted octanol–water partition coefficient (Wildman–Crippen LogP) is 6.88. The highest BCUT2D eigenvalue weighted by Gasteiger charge is 2.51. The average molecular weight is 940 g/mol. The molecule has 2 aliphatic heterocycles. The molecule has 0 radical (unpaired) electrons. The zero-order chi connectivity index (χ0) is 48.2. The van der Waals surface area contributed by atoms with Crippen LogP contribution in [0.15, 0.2) is 48.6 Å². The Morgan fingerprint density at radius 1 is 0.561 bits per heavy atom. The van der Waals surface area contributed by atoms with Crippen LogP contribution in [0.2, 0.25) is 0 Å². The zero-order valence-electron chi connectivity index (χ0n) is 40.7. The highest BCUT2D eigenvalue weighted by molar-refractivity contribution is 5.76. The van der Waals surface area contributed by atoms with E-state index in [0.717, 1.165) is 70.6 Å². The van der Waals surface area contributed by atoms with E-state index in [1.165, 1.54) is 83.5 Å². The van der Waals surface area contributed by atoms with Crippen molar-refractivity contribution in [2.75, 3.05) is 19.8 Å². The highest BCUT2D eigenvalue weighted by Crippen LogP contribution is 2.30. The Morgan fingerprint density at radius 3 is 1.61 bits per heavy atom. The summed E-state index contributed by atoms with van der Waals surface area (Å²) in [7, 11) is 0. The number of aliphatic hydroxyl groups is 8. The van der Waals surface area contributed by atoms with E-state index in [1.54, 1.807) is 6.08 Å². The van der Waals surface area contributed by atoms with E-state index >= 15 is 0 Å². The minimum Gasteiger partial charge on any atom is -0.394 e. The number of allylic oxidation sites excluding steroid dienone is 7. The Hall–Kier alpha value is -2.05. The zero-order valence-corrected chi connectivity index (χ0v) is 40.7. The first-order chi connectivity index (χ1) is 32.1. The topological polar surface area (TPSA) is 228 Å². The lowest BCUT2D eigenvalue weighted by Crippen LogP contribution is -2.65. The van der Waals surface area contributed by atoms with Crippen LogP contribution in [0.4, 0.5) is 0 Å². The van der Waals surface area contributed by atoms with Crippen molar-refractivity contribution in [3.8, 4) is 0 Å². The van der Waals surface area contributed by atoms with Gasteiger partial charge in [-0.05, 0) is 51.4 Å². The standard InChI is InChI=1S/C52H93NO13/c1-3-5-7-9-11-13-15-17-19-20-22-24-26-28-30-32-34-36-44(57)53-40(41(56)35-33-31-29-27-25-23-21-18-16-14-12-10-8-6-4-2)39-63-51-49(62)47(60)50(43(38-55)65-51)66-52-48(61)46(59)45(58)42(37-54)64-52/h5,7,11,13,17,19,33,35,40-43,45-52,54-56,58-62H,3-4,6,8-10,12,14-16,18,20-32,34,36-39H2,1-2H3,(H,53,57)/b7-5-,13-11-,19-17-,35-33+. The van der Waals surface area contributed by atoms with Crippen molar-refractivity contribution in [2.24, 2.45) is 0 Å². The van der Waals surface area contributed by atoms with Gasteiger partial charge in [0.25, 0.3) is 0 Å². The minimum atomic E-state index is -1.79. The van der Waals surface area contributed by atoms with Gasteiger partial charge >= 0.3 is 0 Å². The first-order valence-corrected chi connectivity index (χ1v) is 25.9. The third-order valence-electron chi connectivity index (χ3n) is 12.5. The van der Waals surface area contributed by atoms with Gasteiger partial charge in [-0.15, -0.1) is 0 Å². The molecule has 9 N–H and O–H groups in total. The second-order valence-electron chi connectivity index (χ2n) is 18.3. The normalized spacial score (nSPS) is 27.2. The molecule has 66 heavy (non-hydrogen) atoms. The van der Waals surface area contributed by atoms with Crippen molar-refractivity contribution in [1.82, 2.24) is 5.32 Å². The Kier molecular flexibility index (Phi) is 35.3. The maximum absolute atomic E-state index is 13.2. The number of unbranched alkanes of at least 4 members (excludes halogenated alkanes) is 20. The van der Waals surface area contributed by atoms with Crippen LogP contribution in [0.25, 0.3) is 0 Å². The largest absolute Gasteiger partial charge is 0.394 e. The number of hydrogen-bond donors (Lipinski definition) is 9. The van der Waals surface area contributed by atoms with Crippen LogP contribution in [0.5, 0.6) is 0 Å². The summed E-state index contributed by atoms with van der Waals surface area (Å²) in [6.07, 6.45) is 28.5. The van der Waals surface area contributed by atoms with Crippen molar-refractivity contribution in [1.29, 1.82) is 0 Å². The number of aliphatic hydroxyl groups excluding tert-OH is 8. The van der Waals surface area contributed by atoms with Crippen LogP contribution in [0.3, 0.4) is 0 Å². The average Bonchev–Trinajstić information content (AvgIpc) is 3.31. The van der Waals surface area contributed by atoms with Gasteiger partial charge in [0.2, 0.25) is 5.91 Å². The summed E-state index contributed by atoms with van der Waals surface area (Å²) in [5, 5.41) is 86.8. The number of carbonyl (C=O) groups is 1. The van der Waals surface area contributed by atoms with Crippen LogP contribution in [0.1, 0.15) is 181 Å². The van der Waals surface area contributed by atoms with Crippen molar-refractivity contribution >= 4 is 5.91 Å². The molecule has 0 bridgehead atoms. The molecular formula is C52H93NO13. The molecule has 2 aliphatic rings. The van der Waals surface area contributed by atoms with Gasteiger partial charge < -0.3 is 65.1 Å². The summed E-state index contributed by atoms with van der Waals surface area (Å²) in [6.45, 7) is 2.66. The lowest BCUT2D eigenvalue weighted by Gasteiger charge is -2.46. The van der Waals surface area contributed by atoms with Crippen molar-refractivity contribution in [3.63, 3.8) is 0 Å². The van der Waals surface area contributed by atoms with Crippen molar-refractivity contribution in [2.45, 2.75) is 254 Å². The highest BCUT2D eigenvalue weighted by atomic mass is 16.7. The lowest BCUT2D eigenvalue weighted by molar-refractivity contribution is -0.359. The third-order valence-corrected chi connectivity index (χ3v) is 12.5. The monoisotopic (exact) mass is 940 g/mol. The summed E-state index contributed by atoms with van der Waals surface area (Å²) in [5.41, 5.74) is 0. The maximum Gasteiger partial charge on any atom is 0.220 e. The number of ether oxygens (including phenoxy) is 4. The second-order valence-corrected chi connectivity index (χ2v) is 18.3. The summed E-state index contributed by atoms with van der Waals surface area (Å²) in [4.78, 5) is 13.2. The van der Waals surface area contributed by atoms with E-state index in [0.29, 0.717) is 6.42 Å². The van der Waals surface area contributed by atoms with Gasteiger partial charge in [0.15, 0.2) is 12.6 Å². The molecule has 2 heterocycles. The van der Waals surface area contributed by atoms with Gasteiger partial charge in [0.1, 0.15) is 48.8 Å². The smallest absolute Gasteiger partial charge is 0.220 e. The van der Waals surface area contributed by atoms with Crippen molar-refractivity contribution in [3.05, 3.63) is 48.6 Å². The van der Waals surface area contributed by atoms with Gasteiger partial charge in [0.05, 0.1) is 32.0 Å². The number of amides is 1. The number of hydrogen-bond acceptors (Lipinski definition) is 13. The molecule has 1 amide bonds. The SMILES string of the molecule is CC/C=C\C/C=C\C/C=C\CCCCCCCCCC(=O)NC(COC1OC(CO)C(OC2OC(CO)C(O)C(O)C2O)C(O)C1O)C(O)/C=C/CCCCCCCCCCCCCCC. The Balaban J connectivity index is 1.85. The van der Waals surface area contributed by atoms with Crippen LogP contribution in [-0.2, 0) is 23.7 Å². The number of carbonyl (C=O) groups excluding carboxylic acids is 1. The molecule has 2 saturated heterocycles. The minimum absolute atomic E-state index is 0.252. The Morgan fingerprint density at radius 2 is 1.05 bits per heavy atom. The first-order valence-electron chi connectivity index (χ1n) is 25.9. The van der Waals surface area contributed by atoms with Crippen LogP contribution in [0, 0.1) is 0 Å². The van der Waals surface area contributed by atoms with E-state index < -0.39 is 86.8 Å². The summed E-state index contributed by atoms with van der Waals surface area (Å²) >= 11 is 0. The molecule has 0 aromatic heterocycles. The van der Waals surface area contributed by atoms with E-state index in [1.807, 2.05) is 6.08 Å². The predicted molar refractivity (Wildman–Crippen MR) is 258 cm³/mol. The molecule has 0 aromatic rings. The summed E-state index contributed by atoms with van der Waals surface area (Å²) < 4.78 is 22.7. The molecule has 14 nitrogen and oxygen atoms in total. The Labute approximate surface area is 397 Å². The van der Waals surface area contributed by atoms with E-state index in [-0.39, 0.29) is 18.9 Å². The molecular weight excluding hydrogens is 847 g/mol. The van der Waals surface area contributed by atoms with E-state index in [4.69, 9.17) is 18.9 Å². The molecule has 0 aromatic carbocycles. The van der Waals surface area contributed by atoms with Gasteiger partial charge in [-0.1, -0.05) is 172 Å². The summed E-state index contributed by atoms with van der Waals surface area (Å²) in [6, 6.07) is -0.919. The van der Waals surface area contributed by atoms with Gasteiger partial charge in [-0.3, -0.25) is 4.79 Å². The molecule has 2 rings (SSSR count). The van der Waals surface area contributed by atoms with Crippen molar-refractivity contribution < 1.29 is 64.6 Å². The van der Waals surface area contributed by atoms with E-state index in [9.17, 15) is 45.6 Å². The Bertz CT molecular complexity index is 1290. The molecule has 0 saturated carbocycles. The summed E-state index contributed by atoms with van der Waals surface area (Å²) in [5.74, 6) is -0.252. The fourth-order valence-electron chi connectivity index (χ4n) is 8.30. The molecule has 0 spiro atoms. The molecule has 384 valence electrons. The van der Waals surface area contributed by atoms with Crippen LogP contribution in [-0.4, -0.2) is 140 Å². The van der Waals surface area contributed by atoms with E-state index in [2.05, 4.69) is 55.6 Å². The molecule has 2 fully saturated rings. The van der Waals surface area contributed by atoms with Crippen LogP contribution >= 0.6 is 0 Å². The van der Waals surface area contributed by atoms with Crippen LogP contribution < -0.4 is 5.32 Å². The second kappa shape index (κ2) is 38.8. The molecule has 12 atom stereocenters. The first kappa shape index (κ1) is 60.1. The third kappa shape index (κ3) is 25.5. The number of rotatable bonds is 39. The molecule has 14 heteroatoms. The fourth-order valence-corrected chi connectivity index (χ4v) is 8.30. The van der Waals surface area contributed by atoms with Gasteiger partial charge in [-0.25, -0.2) is 0 Å². The quantitative estimate of drug-likeness (QED) is 0.0227. The van der Waals surface area contributed by atoms with Gasteiger partial charge in [0, 0.05) is 6.42 Å².